The van der Waals surface area contributed by atoms with E-state index in [-0.39, 0.29) is 82.5 Å². The Morgan fingerprint density at radius 2 is 0.859 bits per heavy atom. The Balaban J connectivity index is 0.000000220. The van der Waals surface area contributed by atoms with Crippen LogP contribution in [0.25, 0.3) is 0 Å². The molecule has 0 radical (unpaired) electrons. The van der Waals surface area contributed by atoms with Gasteiger partial charge in [-0.1, -0.05) is 106 Å². The third-order valence-corrected chi connectivity index (χ3v) is 22.7. The van der Waals surface area contributed by atoms with Crippen molar-refractivity contribution in [3.8, 4) is 0 Å². The van der Waals surface area contributed by atoms with E-state index in [2.05, 4.69) is 95.2 Å². The van der Waals surface area contributed by atoms with E-state index in [0.717, 1.165) is 75.4 Å². The fourth-order valence-electron chi connectivity index (χ4n) is 17.8. The predicted octanol–water partition coefficient (Wildman–Crippen LogP) is 16.6. The zero-order valence-electron chi connectivity index (χ0n) is 46.1. The molecule has 8 aliphatic rings. The minimum absolute atomic E-state index is 0.0836. The lowest BCUT2D eigenvalue weighted by Crippen LogP contribution is -2.55. The Kier molecular flexibility index (Phi) is 17.5. The first-order valence-corrected chi connectivity index (χ1v) is 29.1. The van der Waals surface area contributed by atoms with Crippen molar-refractivity contribution >= 4 is 12.1 Å². The van der Waals surface area contributed by atoms with E-state index in [1.807, 2.05) is 0 Å². The number of hydrogen-bond donors (Lipinski definition) is 4. The second-order valence-corrected chi connectivity index (χ2v) is 28.7. The number of aliphatic hydroxyl groups excluding tert-OH is 2. The first kappa shape index (κ1) is 59.4. The van der Waals surface area contributed by atoms with Gasteiger partial charge in [0.15, 0.2) is 11.2 Å². The lowest BCUT2D eigenvalue weighted by Gasteiger charge is -2.59. The average Bonchev–Trinajstić information content (AvgIpc) is 3.81. The maximum Gasteiger partial charge on any atom is 0.417 e. The van der Waals surface area contributed by atoms with Gasteiger partial charge in [0.05, 0.1) is 12.2 Å². The fraction of sp³-hybridized carbons (Fsp3) is 0.932. The summed E-state index contributed by atoms with van der Waals surface area (Å²) in [6.07, 6.45) is 10.9. The SMILES string of the molecule is CSF.C[C@H](CCC(O)C(C)(C)C)[C@H]1CC[C@H]2[C@@H]3CC=C4C[C@](O)(C(F)(F)F)CC[C@]4(C)[C@H]3CC[C@]12C.C[C@H](CC[C@@H](O)C(C)(C)C)[C@H]1CC[C@H]2[C@@H]3CC=C4C[C@](O)(C(F)(F)F)CC[C@]4(C)[C@H]3CC[C@]12C. The molecule has 0 saturated heterocycles. The van der Waals surface area contributed by atoms with Crippen LogP contribution in [0.4, 0.5) is 30.2 Å². The zero-order valence-corrected chi connectivity index (χ0v) is 46.9. The highest BCUT2D eigenvalue weighted by atomic mass is 32.2. The monoisotopic (exact) mass is 1030 g/mol. The molecule has 4 N–H and O–H groups in total. The normalized spacial score (nSPS) is 42.9. The molecule has 1 unspecified atom stereocenters. The van der Waals surface area contributed by atoms with Gasteiger partial charge in [-0.25, -0.2) is 0 Å². The van der Waals surface area contributed by atoms with Crippen molar-refractivity contribution in [2.75, 3.05) is 6.26 Å². The summed E-state index contributed by atoms with van der Waals surface area (Å²) in [5, 5.41) is 41.9. The van der Waals surface area contributed by atoms with E-state index >= 15 is 0 Å². The molecule has 6 fully saturated rings. The largest absolute Gasteiger partial charge is 0.417 e. The molecule has 8 aliphatic carbocycles. The van der Waals surface area contributed by atoms with E-state index in [9.17, 15) is 50.7 Å². The van der Waals surface area contributed by atoms with Gasteiger partial charge in [0.1, 0.15) is 0 Å². The molecular weight excluding hydrogens is 938 g/mol. The molecule has 6 saturated carbocycles. The molecule has 8 rings (SSSR count). The molecule has 0 bridgehead atoms. The number of alkyl halides is 6. The van der Waals surface area contributed by atoms with Gasteiger partial charge in [0.25, 0.3) is 0 Å². The highest BCUT2D eigenvalue weighted by molar-refractivity contribution is 7.93. The van der Waals surface area contributed by atoms with Crippen LogP contribution >= 0.6 is 12.1 Å². The Bertz CT molecular complexity index is 1760. The summed E-state index contributed by atoms with van der Waals surface area (Å²) >= 11 is 0.250. The van der Waals surface area contributed by atoms with Gasteiger partial charge >= 0.3 is 12.4 Å². The van der Waals surface area contributed by atoms with Gasteiger partial charge in [0.2, 0.25) is 0 Å². The molecule has 71 heavy (non-hydrogen) atoms. The highest BCUT2D eigenvalue weighted by Crippen LogP contribution is 2.70. The number of rotatable bonds is 8. The van der Waals surface area contributed by atoms with Crippen LogP contribution in [-0.2, 0) is 0 Å². The van der Waals surface area contributed by atoms with Crippen molar-refractivity contribution in [2.24, 2.45) is 91.7 Å². The quantitative estimate of drug-likeness (QED) is 0.144. The van der Waals surface area contributed by atoms with Crippen LogP contribution in [0.5, 0.6) is 0 Å². The fourth-order valence-corrected chi connectivity index (χ4v) is 17.8. The van der Waals surface area contributed by atoms with Crippen LogP contribution in [0.1, 0.15) is 212 Å². The van der Waals surface area contributed by atoms with Gasteiger partial charge in [-0.2, -0.15) is 30.2 Å². The molecular formula is C59H97F7O4S. The number of halogens is 7. The topological polar surface area (TPSA) is 80.9 Å². The maximum atomic E-state index is 13.6. The highest BCUT2D eigenvalue weighted by Gasteiger charge is 2.65. The molecule has 0 aromatic heterocycles. The Morgan fingerprint density at radius 3 is 1.15 bits per heavy atom. The number of hydrogen-bond acceptors (Lipinski definition) is 5. The molecule has 0 amide bonds. The molecule has 0 aromatic rings. The van der Waals surface area contributed by atoms with Crippen LogP contribution in [0, 0.1) is 91.7 Å². The van der Waals surface area contributed by atoms with Crippen LogP contribution < -0.4 is 0 Å². The van der Waals surface area contributed by atoms with Crippen molar-refractivity contribution in [1.29, 1.82) is 0 Å². The zero-order chi connectivity index (χ0) is 53.3. The second kappa shape index (κ2) is 20.9. The van der Waals surface area contributed by atoms with Gasteiger partial charge in [-0.15, -0.1) is 0 Å². The Morgan fingerprint density at radius 1 is 0.535 bits per heavy atom. The summed E-state index contributed by atoms with van der Waals surface area (Å²) < 4.78 is 91.6. The van der Waals surface area contributed by atoms with E-state index < -0.39 is 23.6 Å². The second-order valence-electron chi connectivity index (χ2n) is 28.4. The van der Waals surface area contributed by atoms with E-state index in [1.165, 1.54) is 31.9 Å². The van der Waals surface area contributed by atoms with Crippen molar-refractivity contribution < 1.29 is 50.7 Å². The van der Waals surface area contributed by atoms with Crippen LogP contribution in [0.2, 0.25) is 0 Å². The van der Waals surface area contributed by atoms with E-state index in [4.69, 9.17) is 0 Å². The lowest BCUT2D eigenvalue weighted by atomic mass is 9.46. The van der Waals surface area contributed by atoms with Crippen LogP contribution in [0.3, 0.4) is 0 Å². The van der Waals surface area contributed by atoms with Gasteiger partial charge in [-0.3, -0.25) is 0 Å². The molecule has 0 heterocycles. The lowest BCUT2D eigenvalue weighted by molar-refractivity contribution is -0.271. The molecule has 12 heteroatoms. The third-order valence-electron chi connectivity index (χ3n) is 22.7. The first-order chi connectivity index (χ1) is 32.5. The summed E-state index contributed by atoms with van der Waals surface area (Å²) in [7, 11) is 0. The predicted molar refractivity (Wildman–Crippen MR) is 275 cm³/mol. The average molecular weight is 1040 g/mol. The summed E-state index contributed by atoms with van der Waals surface area (Å²) in [5.74, 6) is 5.67. The molecule has 18 atom stereocenters. The Labute approximate surface area is 429 Å². The number of aliphatic hydroxyl groups is 4. The summed E-state index contributed by atoms with van der Waals surface area (Å²) in [6, 6.07) is 0. The summed E-state index contributed by atoms with van der Waals surface area (Å²) in [4.78, 5) is 0. The van der Waals surface area contributed by atoms with Crippen molar-refractivity contribution in [1.82, 2.24) is 0 Å². The van der Waals surface area contributed by atoms with Gasteiger partial charge in [0, 0.05) is 31.2 Å². The minimum Gasteiger partial charge on any atom is -0.393 e. The number of fused-ring (bicyclic) bond motifs is 10. The van der Waals surface area contributed by atoms with E-state index in [0.29, 0.717) is 72.0 Å². The summed E-state index contributed by atoms with van der Waals surface area (Å²) in [6.45, 7) is 26.7. The number of allylic oxidation sites excluding steroid dienone is 2. The van der Waals surface area contributed by atoms with Crippen molar-refractivity contribution in [2.45, 2.75) is 247 Å². The molecule has 0 spiro atoms. The van der Waals surface area contributed by atoms with Gasteiger partial charge < -0.3 is 20.4 Å². The maximum absolute atomic E-state index is 13.6. The molecule has 412 valence electrons. The smallest absolute Gasteiger partial charge is 0.393 e. The van der Waals surface area contributed by atoms with E-state index in [1.54, 1.807) is 0 Å². The molecule has 4 nitrogen and oxygen atoms in total. The first-order valence-electron chi connectivity index (χ1n) is 28.0. The summed E-state index contributed by atoms with van der Waals surface area (Å²) in [5.41, 5.74) is -3.39. The molecule has 0 aromatic carbocycles. The molecule has 0 aliphatic heterocycles. The van der Waals surface area contributed by atoms with Crippen molar-refractivity contribution in [3.05, 3.63) is 23.3 Å². The third kappa shape index (κ3) is 11.2. The van der Waals surface area contributed by atoms with Crippen molar-refractivity contribution in [3.63, 3.8) is 0 Å². The minimum atomic E-state index is -4.56. The Hall–Kier alpha value is -0.820. The van der Waals surface area contributed by atoms with Gasteiger partial charge in [-0.05, 0) is 207 Å². The van der Waals surface area contributed by atoms with Crippen LogP contribution in [0.15, 0.2) is 23.3 Å². The van der Waals surface area contributed by atoms with Crippen LogP contribution in [-0.4, -0.2) is 62.4 Å². The standard InChI is InChI=1S/2C29H47F3O2.CH3FS/c2*1-18(7-12-24(33)25(2,3)4)21-10-11-22-20-9-8-19-17-28(34,29(30,31)32)16-15-26(19,5)23(20)13-14-27(21,22)6;1-3-2/h2*8,18,20-24,33-34H,7,9-17H2,1-6H3;1H3/t18-,20+,21-,22+,23+,24?,26+,27-,28+;18-,20+,21-,22+,23+,24-,26+,27-,28+;/m11./s1.